The first-order chi connectivity index (χ1) is 7.70. The van der Waals surface area contributed by atoms with Crippen molar-refractivity contribution in [1.82, 2.24) is 5.32 Å². The number of carboxylic acid groups (broad SMARTS) is 2. The Hall–Kier alpha value is 2.64. The molecule has 19 heavy (non-hydrogen) atoms. The third kappa shape index (κ3) is 14.0. The number of carbonyl (C=O) groups is 1. The van der Waals surface area contributed by atoms with Crippen LogP contribution in [0, 0.1) is 0 Å². The van der Waals surface area contributed by atoms with Crippen LogP contribution >= 0.6 is 12.4 Å². The van der Waals surface area contributed by atoms with Crippen LogP contribution in [-0.4, -0.2) is 32.3 Å². The average molecular weight is 525 g/mol. The number of nitrogens with zero attached hydrogens (tertiary/aromatic N) is 1. The number of para-hydroxylation sites is 1. The second-order valence-electron chi connectivity index (χ2n) is 3.32. The number of anilines is 1. The van der Waals surface area contributed by atoms with Crippen molar-refractivity contribution in [3.63, 3.8) is 0 Å². The molecule has 1 aliphatic rings. The fourth-order valence-corrected chi connectivity index (χ4v) is 1.56. The SMILES string of the molecule is Cl.O=C([O-])[O-].[Cs+].[Cs+].c1ccc(N2CCNCC2)cc1. The van der Waals surface area contributed by atoms with Crippen molar-refractivity contribution in [3.8, 4) is 0 Å². The van der Waals surface area contributed by atoms with E-state index in [0.29, 0.717) is 0 Å². The topological polar surface area (TPSA) is 78.5 Å². The molecule has 2 rings (SSSR count). The van der Waals surface area contributed by atoms with E-state index in [1.165, 1.54) is 5.69 Å². The van der Waals surface area contributed by atoms with Crippen molar-refractivity contribution < 1.29 is 153 Å². The monoisotopic (exact) mass is 524 g/mol. The summed E-state index contributed by atoms with van der Waals surface area (Å²) in [6.07, 6.45) is -2.33. The zero-order valence-electron chi connectivity index (χ0n) is 11.3. The summed E-state index contributed by atoms with van der Waals surface area (Å²) < 4.78 is 0. The molecule has 96 valence electrons. The number of halogens is 1. The maximum absolute atomic E-state index is 8.33. The molecule has 1 aromatic carbocycles. The van der Waals surface area contributed by atoms with Crippen LogP contribution in [0.4, 0.5) is 10.5 Å². The van der Waals surface area contributed by atoms with Crippen molar-refractivity contribution in [2.45, 2.75) is 0 Å². The first-order valence-corrected chi connectivity index (χ1v) is 5.09. The Bertz CT molecular complexity index is 321. The number of nitrogens with one attached hydrogen (secondary N) is 1. The predicted octanol–water partition coefficient (Wildman–Crippen LogP) is -6.92. The molecule has 1 aliphatic heterocycles. The minimum atomic E-state index is -2.33. The zero-order valence-corrected chi connectivity index (χ0v) is 24.7. The number of carbonyl (C=O) groups excluding carboxylic acids is 1. The van der Waals surface area contributed by atoms with Gasteiger partial charge in [0.05, 0.1) is 0 Å². The Morgan fingerprint density at radius 3 is 1.89 bits per heavy atom. The van der Waals surface area contributed by atoms with E-state index in [9.17, 15) is 0 Å². The first kappa shape index (κ1) is 26.5. The van der Waals surface area contributed by atoms with Gasteiger partial charge in [0.15, 0.2) is 0 Å². The van der Waals surface area contributed by atoms with E-state index in [2.05, 4.69) is 40.5 Å². The third-order valence-electron chi connectivity index (χ3n) is 2.24. The van der Waals surface area contributed by atoms with Gasteiger partial charge in [0.2, 0.25) is 0 Å². The van der Waals surface area contributed by atoms with Crippen molar-refractivity contribution >= 4 is 24.2 Å². The fourth-order valence-electron chi connectivity index (χ4n) is 1.56. The van der Waals surface area contributed by atoms with E-state index in [1.807, 2.05) is 0 Å². The molecule has 0 aromatic heterocycles. The molecule has 1 fully saturated rings. The minimum Gasteiger partial charge on any atom is -0.652 e. The average Bonchev–Trinajstić information content (AvgIpc) is 2.31. The van der Waals surface area contributed by atoms with Crippen LogP contribution in [-0.2, 0) is 0 Å². The van der Waals surface area contributed by atoms with E-state index >= 15 is 0 Å². The van der Waals surface area contributed by atoms with Gasteiger partial charge in [-0.2, -0.15) is 0 Å². The molecule has 1 saturated heterocycles. The predicted molar refractivity (Wildman–Crippen MR) is 64.2 cm³/mol. The molecule has 0 saturated carbocycles. The van der Waals surface area contributed by atoms with Crippen LogP contribution in [0.5, 0.6) is 0 Å². The quantitative estimate of drug-likeness (QED) is 0.396. The third-order valence-corrected chi connectivity index (χ3v) is 2.24. The molecule has 0 atom stereocenters. The molecular weight excluding hydrogens is 509 g/mol. The first-order valence-electron chi connectivity index (χ1n) is 5.09. The Labute approximate surface area is 237 Å². The van der Waals surface area contributed by atoms with Gasteiger partial charge in [-0.1, -0.05) is 18.2 Å². The van der Waals surface area contributed by atoms with Gasteiger partial charge < -0.3 is 25.2 Å². The van der Waals surface area contributed by atoms with Gasteiger partial charge in [-0.15, -0.1) is 12.4 Å². The van der Waals surface area contributed by atoms with Crippen molar-refractivity contribution in [1.29, 1.82) is 0 Å². The summed E-state index contributed by atoms with van der Waals surface area (Å²) in [5.41, 5.74) is 1.35. The van der Waals surface area contributed by atoms with Crippen molar-refractivity contribution in [3.05, 3.63) is 30.3 Å². The number of benzene rings is 1. The molecule has 0 spiro atoms. The van der Waals surface area contributed by atoms with Crippen molar-refractivity contribution in [2.24, 2.45) is 0 Å². The Morgan fingerprint density at radius 1 is 1.05 bits per heavy atom. The Balaban J connectivity index is -0.000000329. The van der Waals surface area contributed by atoms with E-state index < -0.39 is 6.16 Å². The molecule has 0 radical (unpaired) electrons. The van der Waals surface area contributed by atoms with E-state index in [4.69, 9.17) is 15.0 Å². The number of hydrogen-bond acceptors (Lipinski definition) is 5. The molecule has 5 nitrogen and oxygen atoms in total. The summed E-state index contributed by atoms with van der Waals surface area (Å²) in [5.74, 6) is 0. The van der Waals surface area contributed by atoms with Gasteiger partial charge in [-0.25, -0.2) is 0 Å². The van der Waals surface area contributed by atoms with Gasteiger partial charge in [-0.3, -0.25) is 0 Å². The van der Waals surface area contributed by atoms with Crippen LogP contribution in [0.25, 0.3) is 0 Å². The standard InChI is InChI=1S/C10H14N2.CH2O3.ClH.2Cs/c1-2-4-10(5-3-1)12-8-6-11-7-9-12;2-1(3)4;;;/h1-5,11H,6-9H2;(H2,2,3,4);1H;;/q;;;2*+1/p-2. The molecule has 1 aromatic rings. The van der Waals surface area contributed by atoms with Crippen LogP contribution in [0.1, 0.15) is 0 Å². The molecule has 8 heteroatoms. The van der Waals surface area contributed by atoms with Crippen molar-refractivity contribution in [2.75, 3.05) is 31.1 Å². The van der Waals surface area contributed by atoms with Gasteiger partial charge in [0.25, 0.3) is 0 Å². The second kappa shape index (κ2) is 17.0. The summed E-state index contributed by atoms with van der Waals surface area (Å²) >= 11 is 0. The largest absolute Gasteiger partial charge is 1.00 e. The van der Waals surface area contributed by atoms with E-state index in [0.717, 1.165) is 26.2 Å². The minimum absolute atomic E-state index is 0. The normalized spacial score (nSPS) is 12.5. The summed E-state index contributed by atoms with van der Waals surface area (Å²) in [7, 11) is 0. The second-order valence-corrected chi connectivity index (χ2v) is 3.32. The number of hydrogen-bond donors (Lipinski definition) is 1. The molecular formula is C11H15ClCs2N2O3. The smallest absolute Gasteiger partial charge is 0.652 e. The zero-order chi connectivity index (χ0) is 11.8. The van der Waals surface area contributed by atoms with Crippen LogP contribution in [0.3, 0.4) is 0 Å². The number of rotatable bonds is 1. The molecule has 0 unspecified atom stereocenters. The number of piperazine rings is 1. The molecule has 1 heterocycles. The van der Waals surface area contributed by atoms with E-state index in [1.54, 1.807) is 0 Å². The van der Waals surface area contributed by atoms with Crippen LogP contribution in [0.2, 0.25) is 0 Å². The Kier molecular flexibility index (Phi) is 23.8. The van der Waals surface area contributed by atoms with Crippen LogP contribution in [0.15, 0.2) is 30.3 Å². The summed E-state index contributed by atoms with van der Waals surface area (Å²) in [5, 5.41) is 20.0. The van der Waals surface area contributed by atoms with Gasteiger partial charge >= 0.3 is 138 Å². The Morgan fingerprint density at radius 2 is 1.47 bits per heavy atom. The molecule has 0 bridgehead atoms. The molecule has 1 N–H and O–H groups in total. The molecule has 0 amide bonds. The summed E-state index contributed by atoms with van der Waals surface area (Å²) in [4.78, 5) is 10.7. The van der Waals surface area contributed by atoms with Gasteiger partial charge in [0, 0.05) is 31.9 Å². The summed E-state index contributed by atoms with van der Waals surface area (Å²) in [6, 6.07) is 10.6. The van der Waals surface area contributed by atoms with Gasteiger partial charge in [-0.05, 0) is 18.3 Å². The van der Waals surface area contributed by atoms with E-state index in [-0.39, 0.29) is 150 Å². The fraction of sp³-hybridized carbons (Fsp3) is 0.364. The maximum atomic E-state index is 8.33. The van der Waals surface area contributed by atoms with Gasteiger partial charge in [0.1, 0.15) is 0 Å². The van der Waals surface area contributed by atoms with Crippen LogP contribution < -0.4 is 158 Å². The summed E-state index contributed by atoms with van der Waals surface area (Å²) in [6.45, 7) is 4.47. The molecule has 0 aliphatic carbocycles. The maximum Gasteiger partial charge on any atom is 1.00 e.